The monoisotopic (exact) mass is 499 g/mol. The molecule has 0 radical (unpaired) electrons. The Hall–Kier alpha value is -3.17. The number of fused-ring (bicyclic) bond motifs is 1. The highest BCUT2D eigenvalue weighted by molar-refractivity contribution is 6.06. The van der Waals surface area contributed by atoms with Gasteiger partial charge in [-0.1, -0.05) is 12.8 Å². The van der Waals surface area contributed by atoms with Crippen LogP contribution in [0.15, 0.2) is 12.1 Å². The van der Waals surface area contributed by atoms with Gasteiger partial charge in [-0.2, -0.15) is 5.10 Å². The first-order chi connectivity index (χ1) is 17.1. The zero-order chi connectivity index (χ0) is 25.9. The van der Waals surface area contributed by atoms with Crippen molar-refractivity contribution in [3.63, 3.8) is 0 Å². The number of ether oxygens (including phenoxy) is 2. The normalized spacial score (nSPS) is 19.2. The molecule has 2 aromatic rings. The van der Waals surface area contributed by atoms with Gasteiger partial charge in [-0.25, -0.2) is 14.5 Å². The van der Waals surface area contributed by atoms with Gasteiger partial charge in [0.15, 0.2) is 12.3 Å². The summed E-state index contributed by atoms with van der Waals surface area (Å²) in [6.07, 6.45) is 5.60. The number of piperidine rings is 1. The van der Waals surface area contributed by atoms with Crippen molar-refractivity contribution in [2.45, 2.75) is 64.9 Å². The summed E-state index contributed by atoms with van der Waals surface area (Å²) in [7, 11) is 1.76. The Balaban J connectivity index is 1.38. The van der Waals surface area contributed by atoms with E-state index in [9.17, 15) is 14.4 Å². The fourth-order valence-corrected chi connectivity index (χ4v) is 4.79. The van der Waals surface area contributed by atoms with Crippen LogP contribution in [0.2, 0.25) is 0 Å². The van der Waals surface area contributed by atoms with E-state index < -0.39 is 30.2 Å². The van der Waals surface area contributed by atoms with Gasteiger partial charge >= 0.3 is 12.1 Å². The molecule has 0 bridgehead atoms. The number of likely N-dealkylation sites (tertiary alicyclic amines) is 1. The van der Waals surface area contributed by atoms with E-state index in [1.807, 2.05) is 12.1 Å². The summed E-state index contributed by atoms with van der Waals surface area (Å²) in [5, 5.41) is 5.02. The molecule has 1 unspecified atom stereocenters. The molecular weight excluding hydrogens is 462 g/mol. The zero-order valence-corrected chi connectivity index (χ0v) is 21.8. The number of ketones is 1. The second-order valence-electron chi connectivity index (χ2n) is 10.7. The average molecular weight is 500 g/mol. The molecule has 4 rings (SSSR count). The summed E-state index contributed by atoms with van der Waals surface area (Å²) >= 11 is 0. The number of anilines is 1. The van der Waals surface area contributed by atoms with Crippen molar-refractivity contribution < 1.29 is 23.9 Å². The molecule has 0 N–H and O–H groups in total. The standard InChI is InChI=1S/C26H37N5O5/c1-26(2,3)36-25(34)31-15-9-10-18(16-31)24(33)35-17-20(32)22-19-11-12-21(27-23(19)29(4)28-22)30-13-7-5-6-8-14-30/h11-12,18H,5-10,13-17H2,1-4H3. The lowest BCUT2D eigenvalue weighted by Gasteiger charge is -2.33. The van der Waals surface area contributed by atoms with Gasteiger partial charge in [-0.15, -0.1) is 0 Å². The molecule has 2 fully saturated rings. The molecule has 2 saturated heterocycles. The van der Waals surface area contributed by atoms with Crippen LogP contribution in [-0.2, 0) is 21.3 Å². The van der Waals surface area contributed by atoms with E-state index in [0.717, 1.165) is 31.7 Å². The van der Waals surface area contributed by atoms with Crippen LogP contribution in [0.3, 0.4) is 0 Å². The molecule has 1 amide bonds. The molecule has 2 aromatic heterocycles. The maximum absolute atomic E-state index is 12.9. The van der Waals surface area contributed by atoms with Crippen LogP contribution in [0.25, 0.3) is 11.0 Å². The molecule has 0 aromatic carbocycles. The Morgan fingerprint density at radius 2 is 1.75 bits per heavy atom. The number of pyridine rings is 1. The highest BCUT2D eigenvalue weighted by Crippen LogP contribution is 2.24. The minimum Gasteiger partial charge on any atom is -0.457 e. The largest absolute Gasteiger partial charge is 0.457 e. The Morgan fingerprint density at radius 1 is 1.03 bits per heavy atom. The molecule has 36 heavy (non-hydrogen) atoms. The van der Waals surface area contributed by atoms with Crippen molar-refractivity contribution in [3.8, 4) is 0 Å². The number of carbonyl (C=O) groups excluding carboxylic acids is 3. The summed E-state index contributed by atoms with van der Waals surface area (Å²) in [5.41, 5.74) is 0.270. The van der Waals surface area contributed by atoms with Crippen LogP contribution in [0.1, 0.15) is 69.8 Å². The predicted molar refractivity (Wildman–Crippen MR) is 135 cm³/mol. The van der Waals surface area contributed by atoms with Gasteiger partial charge in [0.05, 0.1) is 11.3 Å². The SMILES string of the molecule is Cn1nc(C(=O)COC(=O)C2CCCN(C(=O)OC(C)(C)C)C2)c2ccc(N3CCCCCC3)nc21. The smallest absolute Gasteiger partial charge is 0.410 e. The topological polar surface area (TPSA) is 107 Å². The number of hydrogen-bond acceptors (Lipinski definition) is 8. The lowest BCUT2D eigenvalue weighted by atomic mass is 9.98. The molecule has 0 spiro atoms. The molecule has 2 aliphatic heterocycles. The number of nitrogens with zero attached hydrogens (tertiary/aromatic N) is 5. The third kappa shape index (κ3) is 6.14. The Morgan fingerprint density at radius 3 is 2.44 bits per heavy atom. The summed E-state index contributed by atoms with van der Waals surface area (Å²) in [6, 6.07) is 3.82. The first kappa shape index (κ1) is 25.9. The highest BCUT2D eigenvalue weighted by Gasteiger charge is 2.32. The number of esters is 1. The van der Waals surface area contributed by atoms with Crippen molar-refractivity contribution in [1.82, 2.24) is 19.7 Å². The van der Waals surface area contributed by atoms with Crippen molar-refractivity contribution in [1.29, 1.82) is 0 Å². The van der Waals surface area contributed by atoms with Crippen molar-refractivity contribution in [3.05, 3.63) is 17.8 Å². The molecule has 1 atom stereocenters. The number of amides is 1. The lowest BCUT2D eigenvalue weighted by Crippen LogP contribution is -2.45. The van der Waals surface area contributed by atoms with Crippen LogP contribution in [-0.4, -0.2) is 75.9 Å². The van der Waals surface area contributed by atoms with Gasteiger partial charge in [0.2, 0.25) is 5.78 Å². The fraction of sp³-hybridized carbons (Fsp3) is 0.654. The Labute approximate surface area is 211 Å². The summed E-state index contributed by atoms with van der Waals surface area (Å²) in [6.45, 7) is 7.72. The van der Waals surface area contributed by atoms with Crippen LogP contribution in [0.5, 0.6) is 0 Å². The number of hydrogen-bond donors (Lipinski definition) is 0. The summed E-state index contributed by atoms with van der Waals surface area (Å²) in [4.78, 5) is 46.6. The molecule has 196 valence electrons. The predicted octanol–water partition coefficient (Wildman–Crippen LogP) is 3.72. The van der Waals surface area contributed by atoms with E-state index in [0.29, 0.717) is 30.4 Å². The quantitative estimate of drug-likeness (QED) is 0.453. The number of Topliss-reactive ketones (excluding diaryl/α,β-unsaturated/α-hetero) is 1. The van der Waals surface area contributed by atoms with E-state index in [4.69, 9.17) is 14.5 Å². The molecule has 10 nitrogen and oxygen atoms in total. The van der Waals surface area contributed by atoms with Crippen LogP contribution in [0, 0.1) is 5.92 Å². The van der Waals surface area contributed by atoms with Crippen LogP contribution >= 0.6 is 0 Å². The van der Waals surface area contributed by atoms with E-state index in [1.54, 1.807) is 32.5 Å². The number of carbonyl (C=O) groups is 3. The maximum Gasteiger partial charge on any atom is 0.410 e. The number of rotatable bonds is 5. The van der Waals surface area contributed by atoms with E-state index in [2.05, 4.69) is 10.00 Å². The van der Waals surface area contributed by atoms with Crippen molar-refractivity contribution in [2.75, 3.05) is 37.7 Å². The molecule has 4 heterocycles. The first-order valence-corrected chi connectivity index (χ1v) is 12.9. The molecule has 2 aliphatic rings. The van der Waals surface area contributed by atoms with E-state index >= 15 is 0 Å². The van der Waals surface area contributed by atoms with E-state index in [-0.39, 0.29) is 18.0 Å². The van der Waals surface area contributed by atoms with Crippen molar-refractivity contribution in [2.24, 2.45) is 13.0 Å². The van der Waals surface area contributed by atoms with Gasteiger partial charge in [-0.3, -0.25) is 9.59 Å². The fourth-order valence-electron chi connectivity index (χ4n) is 4.79. The minimum atomic E-state index is -0.606. The maximum atomic E-state index is 12.9. The average Bonchev–Trinajstić information content (AvgIpc) is 3.00. The van der Waals surface area contributed by atoms with Crippen molar-refractivity contribution >= 4 is 34.7 Å². The summed E-state index contributed by atoms with van der Waals surface area (Å²) in [5.74, 6) is -0.460. The molecular formula is C26H37N5O5. The van der Waals surface area contributed by atoms with Crippen LogP contribution in [0.4, 0.5) is 10.6 Å². The van der Waals surface area contributed by atoms with Gasteiger partial charge in [0, 0.05) is 33.2 Å². The highest BCUT2D eigenvalue weighted by atomic mass is 16.6. The molecule has 0 aliphatic carbocycles. The second kappa shape index (κ2) is 10.8. The Kier molecular flexibility index (Phi) is 7.80. The lowest BCUT2D eigenvalue weighted by molar-refractivity contribution is -0.149. The van der Waals surface area contributed by atoms with Gasteiger partial charge in [-0.05, 0) is 58.6 Å². The van der Waals surface area contributed by atoms with Gasteiger partial charge < -0.3 is 19.3 Å². The third-order valence-corrected chi connectivity index (χ3v) is 6.62. The van der Waals surface area contributed by atoms with Crippen LogP contribution < -0.4 is 4.90 Å². The molecule has 0 saturated carbocycles. The number of aryl methyl sites for hydroxylation is 1. The Bertz CT molecular complexity index is 1110. The second-order valence-corrected chi connectivity index (χ2v) is 10.7. The zero-order valence-electron chi connectivity index (χ0n) is 21.8. The number of aromatic nitrogens is 3. The first-order valence-electron chi connectivity index (χ1n) is 12.9. The van der Waals surface area contributed by atoms with Gasteiger partial charge in [0.1, 0.15) is 17.1 Å². The molecule has 10 heteroatoms. The van der Waals surface area contributed by atoms with Gasteiger partial charge in [0.25, 0.3) is 0 Å². The minimum absolute atomic E-state index is 0.220. The third-order valence-electron chi connectivity index (χ3n) is 6.62. The summed E-state index contributed by atoms with van der Waals surface area (Å²) < 4.78 is 12.4. The van der Waals surface area contributed by atoms with E-state index in [1.165, 1.54) is 17.7 Å².